The van der Waals surface area contributed by atoms with Crippen LogP contribution in [-0.2, 0) is 0 Å². The highest BCUT2D eigenvalue weighted by Crippen LogP contribution is 2.29. The van der Waals surface area contributed by atoms with Crippen LogP contribution in [0.1, 0.15) is 17.3 Å². The highest BCUT2D eigenvalue weighted by molar-refractivity contribution is 6.06. The molecule has 126 valence electrons. The summed E-state index contributed by atoms with van der Waals surface area (Å²) in [5.41, 5.74) is -0.168. The van der Waals surface area contributed by atoms with Crippen molar-refractivity contribution in [3.05, 3.63) is 63.7 Å². The predicted octanol–water partition coefficient (Wildman–Crippen LogP) is 3.55. The number of rotatable bonds is 5. The lowest BCUT2D eigenvalue weighted by Gasteiger charge is -2.21. The molecule has 0 heterocycles. The third-order valence-corrected chi connectivity index (χ3v) is 3.40. The lowest BCUT2D eigenvalue weighted by molar-refractivity contribution is -0.385. The fourth-order valence-corrected chi connectivity index (χ4v) is 2.22. The zero-order valence-electron chi connectivity index (χ0n) is 13.0. The summed E-state index contributed by atoms with van der Waals surface area (Å²) in [6.45, 7) is 1.82. The number of carbonyl (C=O) groups is 1. The van der Waals surface area contributed by atoms with Gasteiger partial charge in [0.25, 0.3) is 5.91 Å². The van der Waals surface area contributed by atoms with Gasteiger partial charge in [-0.25, -0.2) is 8.78 Å². The van der Waals surface area contributed by atoms with Crippen LogP contribution < -0.4 is 9.64 Å². The topological polar surface area (TPSA) is 72.7 Å². The smallest absolute Gasteiger partial charge is 0.311 e. The van der Waals surface area contributed by atoms with Gasteiger partial charge in [-0.1, -0.05) is 0 Å². The van der Waals surface area contributed by atoms with Crippen molar-refractivity contribution in [2.75, 3.05) is 18.6 Å². The summed E-state index contributed by atoms with van der Waals surface area (Å²) in [5, 5.41) is 11.1. The van der Waals surface area contributed by atoms with E-state index in [0.717, 1.165) is 18.2 Å². The zero-order valence-corrected chi connectivity index (χ0v) is 13.0. The Bertz CT molecular complexity index is 796. The standard InChI is InChI=1S/C16H14F2N2O4/c1-3-19(11-5-6-12(17)13(18)9-11)16(21)10-4-7-15(24-2)14(8-10)20(22)23/h4-9H,3H2,1-2H3. The van der Waals surface area contributed by atoms with Gasteiger partial charge in [-0.2, -0.15) is 0 Å². The van der Waals surface area contributed by atoms with Crippen molar-refractivity contribution in [3.63, 3.8) is 0 Å². The van der Waals surface area contributed by atoms with E-state index >= 15 is 0 Å². The Morgan fingerprint density at radius 1 is 1.21 bits per heavy atom. The second-order valence-corrected chi connectivity index (χ2v) is 4.79. The minimum absolute atomic E-state index is 0.0208. The van der Waals surface area contributed by atoms with Gasteiger partial charge in [0.2, 0.25) is 0 Å². The Kier molecular flexibility index (Phi) is 5.08. The average molecular weight is 336 g/mol. The molecule has 0 unspecified atom stereocenters. The molecule has 0 fully saturated rings. The summed E-state index contributed by atoms with van der Waals surface area (Å²) in [6, 6.07) is 6.84. The molecule has 0 bridgehead atoms. The first kappa shape index (κ1) is 17.3. The number of anilines is 1. The summed E-state index contributed by atoms with van der Waals surface area (Å²) in [5.74, 6) is -2.66. The highest BCUT2D eigenvalue weighted by atomic mass is 19.2. The molecule has 0 aromatic heterocycles. The van der Waals surface area contributed by atoms with Gasteiger partial charge in [0.1, 0.15) is 0 Å². The maximum atomic E-state index is 13.4. The second-order valence-electron chi connectivity index (χ2n) is 4.79. The van der Waals surface area contributed by atoms with Crippen molar-refractivity contribution in [3.8, 4) is 5.75 Å². The summed E-state index contributed by atoms with van der Waals surface area (Å²) in [6.07, 6.45) is 0. The zero-order chi connectivity index (χ0) is 17.9. The van der Waals surface area contributed by atoms with Crippen LogP contribution in [-0.4, -0.2) is 24.5 Å². The van der Waals surface area contributed by atoms with E-state index in [4.69, 9.17) is 4.74 Å². The molecule has 0 spiro atoms. The number of ether oxygens (including phenoxy) is 1. The van der Waals surface area contributed by atoms with Crippen LogP contribution in [0.15, 0.2) is 36.4 Å². The number of hydrogen-bond donors (Lipinski definition) is 0. The number of carbonyl (C=O) groups excluding carboxylic acids is 1. The third kappa shape index (κ3) is 3.32. The number of amides is 1. The van der Waals surface area contributed by atoms with Gasteiger partial charge in [-0.15, -0.1) is 0 Å². The van der Waals surface area contributed by atoms with E-state index in [1.807, 2.05) is 0 Å². The van der Waals surface area contributed by atoms with E-state index in [9.17, 15) is 23.7 Å². The molecule has 0 saturated carbocycles. The number of hydrogen-bond acceptors (Lipinski definition) is 4. The van der Waals surface area contributed by atoms with Gasteiger partial charge in [0.05, 0.1) is 12.0 Å². The molecule has 1 amide bonds. The van der Waals surface area contributed by atoms with Gasteiger partial charge >= 0.3 is 5.69 Å². The van der Waals surface area contributed by atoms with Crippen LogP contribution in [0.2, 0.25) is 0 Å². The molecule has 0 radical (unpaired) electrons. The normalized spacial score (nSPS) is 10.3. The lowest BCUT2D eigenvalue weighted by atomic mass is 10.1. The first-order valence-corrected chi connectivity index (χ1v) is 6.98. The van der Waals surface area contributed by atoms with Gasteiger partial charge < -0.3 is 9.64 Å². The van der Waals surface area contributed by atoms with E-state index in [-0.39, 0.29) is 29.2 Å². The van der Waals surface area contributed by atoms with E-state index in [1.54, 1.807) is 6.92 Å². The maximum Gasteiger partial charge on any atom is 0.311 e. The fourth-order valence-electron chi connectivity index (χ4n) is 2.22. The van der Waals surface area contributed by atoms with Crippen molar-refractivity contribution in [1.82, 2.24) is 0 Å². The van der Waals surface area contributed by atoms with Gasteiger partial charge in [0.15, 0.2) is 17.4 Å². The molecule has 0 aliphatic carbocycles. The third-order valence-electron chi connectivity index (χ3n) is 3.40. The number of nitrogens with zero attached hydrogens (tertiary/aromatic N) is 2. The van der Waals surface area contributed by atoms with Crippen LogP contribution in [0.3, 0.4) is 0 Å². The first-order valence-electron chi connectivity index (χ1n) is 6.98. The number of methoxy groups -OCH3 is 1. The van der Waals surface area contributed by atoms with E-state index < -0.39 is 22.5 Å². The molecule has 0 N–H and O–H groups in total. The molecular formula is C16H14F2N2O4. The number of nitro groups is 1. The van der Waals surface area contributed by atoms with E-state index in [2.05, 4.69) is 0 Å². The Morgan fingerprint density at radius 3 is 2.46 bits per heavy atom. The largest absolute Gasteiger partial charge is 0.490 e. The van der Waals surface area contributed by atoms with Gasteiger partial charge in [0, 0.05) is 29.9 Å². The Labute approximate surface area is 136 Å². The van der Waals surface area contributed by atoms with Crippen LogP contribution in [0.4, 0.5) is 20.2 Å². The molecule has 2 rings (SSSR count). The fraction of sp³-hybridized carbons (Fsp3) is 0.188. The monoisotopic (exact) mass is 336 g/mol. The minimum Gasteiger partial charge on any atom is -0.490 e. The molecule has 6 nitrogen and oxygen atoms in total. The number of nitro benzene ring substituents is 1. The molecule has 0 atom stereocenters. The number of halogens is 2. The molecule has 0 aliphatic rings. The van der Waals surface area contributed by atoms with Crippen LogP contribution in [0, 0.1) is 21.7 Å². The minimum atomic E-state index is -1.08. The van der Waals surface area contributed by atoms with Crippen molar-refractivity contribution >= 4 is 17.3 Å². The van der Waals surface area contributed by atoms with Crippen LogP contribution in [0.5, 0.6) is 5.75 Å². The van der Waals surface area contributed by atoms with Crippen molar-refractivity contribution in [1.29, 1.82) is 0 Å². The molecular weight excluding hydrogens is 322 g/mol. The van der Waals surface area contributed by atoms with Crippen molar-refractivity contribution in [2.45, 2.75) is 6.92 Å². The Hall–Kier alpha value is -3.03. The molecule has 2 aromatic rings. The molecule has 8 heteroatoms. The Balaban J connectivity index is 2.43. The molecule has 2 aromatic carbocycles. The molecule has 24 heavy (non-hydrogen) atoms. The van der Waals surface area contributed by atoms with Gasteiger partial charge in [-0.05, 0) is 31.2 Å². The summed E-state index contributed by atoms with van der Waals surface area (Å²) in [4.78, 5) is 24.2. The van der Waals surface area contributed by atoms with Crippen molar-refractivity contribution < 1.29 is 23.2 Å². The summed E-state index contributed by atoms with van der Waals surface area (Å²) >= 11 is 0. The van der Waals surface area contributed by atoms with Crippen LogP contribution in [0.25, 0.3) is 0 Å². The van der Waals surface area contributed by atoms with Crippen molar-refractivity contribution in [2.24, 2.45) is 0 Å². The quantitative estimate of drug-likeness (QED) is 0.618. The van der Waals surface area contributed by atoms with Crippen LogP contribution >= 0.6 is 0 Å². The summed E-state index contributed by atoms with van der Waals surface area (Å²) < 4.78 is 31.3. The van der Waals surface area contributed by atoms with E-state index in [0.29, 0.717) is 0 Å². The molecule has 0 saturated heterocycles. The second kappa shape index (κ2) is 7.03. The molecule has 0 aliphatic heterocycles. The first-order chi connectivity index (χ1) is 11.4. The lowest BCUT2D eigenvalue weighted by Crippen LogP contribution is -2.30. The summed E-state index contributed by atoms with van der Waals surface area (Å²) in [7, 11) is 1.28. The number of benzene rings is 2. The maximum absolute atomic E-state index is 13.4. The average Bonchev–Trinajstić information content (AvgIpc) is 2.57. The van der Waals surface area contributed by atoms with E-state index in [1.165, 1.54) is 30.2 Å². The highest BCUT2D eigenvalue weighted by Gasteiger charge is 2.22. The Morgan fingerprint density at radius 2 is 1.92 bits per heavy atom. The van der Waals surface area contributed by atoms with Gasteiger partial charge in [-0.3, -0.25) is 14.9 Å². The SMILES string of the molecule is CCN(C(=O)c1ccc(OC)c([N+](=O)[O-])c1)c1ccc(F)c(F)c1. The predicted molar refractivity (Wildman–Crippen MR) is 83.4 cm³/mol.